The van der Waals surface area contributed by atoms with Gasteiger partial charge >= 0.3 is 0 Å². The zero-order chi connectivity index (χ0) is 16.9. The van der Waals surface area contributed by atoms with Gasteiger partial charge in [0.05, 0.1) is 0 Å². The number of allylic oxidation sites excluding steroid dienone is 2. The van der Waals surface area contributed by atoms with Crippen LogP contribution in [-0.2, 0) is 6.42 Å². The Bertz CT molecular complexity index is 589. The number of unbranched alkanes of at least 4 members (excludes halogenated alkanes) is 8. The third-order valence-corrected chi connectivity index (χ3v) is 4.84. The average molecular weight is 323 g/mol. The molecule has 0 aliphatic carbocycles. The smallest absolute Gasteiger partial charge is 0.0152 e. The highest BCUT2D eigenvalue weighted by Crippen LogP contribution is 2.20. The summed E-state index contributed by atoms with van der Waals surface area (Å²) in [4.78, 5) is 0. The summed E-state index contributed by atoms with van der Waals surface area (Å²) in [6.45, 7) is 2.28. The van der Waals surface area contributed by atoms with Gasteiger partial charge in [-0.3, -0.25) is 0 Å². The summed E-state index contributed by atoms with van der Waals surface area (Å²) < 4.78 is 0. The molecule has 130 valence electrons. The second-order valence-electron chi connectivity index (χ2n) is 6.91. The normalized spacial score (nSPS) is 11.5. The number of fused-ring (bicyclic) bond motifs is 1. The summed E-state index contributed by atoms with van der Waals surface area (Å²) >= 11 is 0. The van der Waals surface area contributed by atoms with Crippen molar-refractivity contribution in [2.75, 3.05) is 0 Å². The van der Waals surface area contributed by atoms with Crippen LogP contribution in [0.5, 0.6) is 0 Å². The third kappa shape index (κ3) is 6.91. The monoisotopic (exact) mass is 322 g/mol. The van der Waals surface area contributed by atoms with E-state index in [9.17, 15) is 0 Å². The lowest BCUT2D eigenvalue weighted by Crippen LogP contribution is -1.88. The van der Waals surface area contributed by atoms with E-state index in [0.29, 0.717) is 0 Å². The van der Waals surface area contributed by atoms with E-state index in [4.69, 9.17) is 0 Å². The predicted octanol–water partition coefficient (Wildman–Crippen LogP) is 7.86. The molecule has 0 spiro atoms. The van der Waals surface area contributed by atoms with Crippen LogP contribution in [0.25, 0.3) is 10.8 Å². The fourth-order valence-corrected chi connectivity index (χ4v) is 3.37. The Labute approximate surface area is 149 Å². The SMILES string of the molecule is CCCCCCC/C=C/CCCCCc1cccc2ccccc12. The number of hydrogen-bond acceptors (Lipinski definition) is 0. The van der Waals surface area contributed by atoms with Crippen LogP contribution in [-0.4, -0.2) is 0 Å². The van der Waals surface area contributed by atoms with E-state index in [2.05, 4.69) is 61.5 Å². The van der Waals surface area contributed by atoms with Crippen molar-refractivity contribution in [2.24, 2.45) is 0 Å². The molecule has 2 aromatic carbocycles. The minimum absolute atomic E-state index is 1.21. The summed E-state index contributed by atoms with van der Waals surface area (Å²) in [5.41, 5.74) is 1.51. The zero-order valence-electron chi connectivity index (χ0n) is 15.5. The molecule has 2 rings (SSSR count). The van der Waals surface area contributed by atoms with Gasteiger partial charge in [0.2, 0.25) is 0 Å². The molecule has 0 atom stereocenters. The molecule has 0 saturated carbocycles. The van der Waals surface area contributed by atoms with Gasteiger partial charge in [-0.1, -0.05) is 93.6 Å². The maximum Gasteiger partial charge on any atom is -0.0152 e. The second kappa shape index (κ2) is 11.9. The number of benzene rings is 2. The van der Waals surface area contributed by atoms with Crippen molar-refractivity contribution in [2.45, 2.75) is 77.6 Å². The van der Waals surface area contributed by atoms with Crippen LogP contribution in [0.2, 0.25) is 0 Å². The van der Waals surface area contributed by atoms with Crippen molar-refractivity contribution < 1.29 is 0 Å². The molecule has 0 radical (unpaired) electrons. The van der Waals surface area contributed by atoms with Crippen LogP contribution in [0.4, 0.5) is 0 Å². The molecular formula is C24H34. The lowest BCUT2D eigenvalue weighted by atomic mass is 9.99. The highest BCUT2D eigenvalue weighted by atomic mass is 14.0. The molecule has 0 saturated heterocycles. The predicted molar refractivity (Wildman–Crippen MR) is 109 cm³/mol. The van der Waals surface area contributed by atoms with Gasteiger partial charge in [0.25, 0.3) is 0 Å². The molecule has 0 bridgehead atoms. The van der Waals surface area contributed by atoms with E-state index in [0.717, 1.165) is 0 Å². The Balaban J connectivity index is 1.55. The molecule has 0 nitrogen and oxygen atoms in total. The maximum absolute atomic E-state index is 2.40. The highest BCUT2D eigenvalue weighted by molar-refractivity contribution is 5.85. The number of hydrogen-bond donors (Lipinski definition) is 0. The van der Waals surface area contributed by atoms with E-state index in [1.807, 2.05) is 0 Å². The molecule has 0 unspecified atom stereocenters. The molecule has 0 amide bonds. The maximum atomic E-state index is 2.40. The molecule has 0 heteroatoms. The fraction of sp³-hybridized carbons (Fsp3) is 0.500. The van der Waals surface area contributed by atoms with Gasteiger partial charge in [-0.15, -0.1) is 0 Å². The van der Waals surface area contributed by atoms with Crippen molar-refractivity contribution in [3.8, 4) is 0 Å². The fourth-order valence-electron chi connectivity index (χ4n) is 3.37. The van der Waals surface area contributed by atoms with Crippen LogP contribution in [0, 0.1) is 0 Å². The molecule has 0 aliphatic heterocycles. The first-order valence-electron chi connectivity index (χ1n) is 10.0. The zero-order valence-corrected chi connectivity index (χ0v) is 15.5. The van der Waals surface area contributed by atoms with Gasteiger partial charge < -0.3 is 0 Å². The van der Waals surface area contributed by atoms with E-state index in [-0.39, 0.29) is 0 Å². The van der Waals surface area contributed by atoms with Gasteiger partial charge in [0.15, 0.2) is 0 Å². The summed E-state index contributed by atoms with van der Waals surface area (Å²) in [5.74, 6) is 0. The van der Waals surface area contributed by atoms with Crippen molar-refractivity contribution in [3.63, 3.8) is 0 Å². The standard InChI is InChI=1S/C24H34/c1-2-3-4-5-6-7-8-9-10-11-12-13-17-22-19-16-20-23-18-14-15-21-24(22)23/h8-9,14-16,18-21H,2-7,10-13,17H2,1H3/b9-8+. The third-order valence-electron chi connectivity index (χ3n) is 4.84. The molecule has 0 heterocycles. The van der Waals surface area contributed by atoms with E-state index in [1.165, 1.54) is 87.0 Å². The molecule has 2 aromatic rings. The lowest BCUT2D eigenvalue weighted by Gasteiger charge is -2.06. The van der Waals surface area contributed by atoms with Gasteiger partial charge in [0, 0.05) is 0 Å². The van der Waals surface area contributed by atoms with Crippen molar-refractivity contribution >= 4 is 10.8 Å². The molecule has 0 N–H and O–H groups in total. The van der Waals surface area contributed by atoms with Crippen LogP contribution < -0.4 is 0 Å². The van der Waals surface area contributed by atoms with Crippen LogP contribution in [0.15, 0.2) is 54.6 Å². The first-order chi connectivity index (χ1) is 11.9. The first kappa shape index (κ1) is 18.8. The Morgan fingerprint density at radius 1 is 0.667 bits per heavy atom. The minimum atomic E-state index is 1.21. The number of rotatable bonds is 12. The Hall–Kier alpha value is -1.56. The van der Waals surface area contributed by atoms with Crippen molar-refractivity contribution in [1.29, 1.82) is 0 Å². The molecule has 0 fully saturated rings. The lowest BCUT2D eigenvalue weighted by molar-refractivity contribution is 0.636. The summed E-state index contributed by atoms with van der Waals surface area (Å²) in [7, 11) is 0. The van der Waals surface area contributed by atoms with E-state index < -0.39 is 0 Å². The second-order valence-corrected chi connectivity index (χ2v) is 6.91. The Morgan fingerprint density at radius 3 is 2.12 bits per heavy atom. The average Bonchev–Trinajstić information content (AvgIpc) is 2.63. The quantitative estimate of drug-likeness (QED) is 0.275. The highest BCUT2D eigenvalue weighted by Gasteiger charge is 1.99. The number of aryl methyl sites for hydroxylation is 1. The largest absolute Gasteiger partial charge is 0.0885 e. The Morgan fingerprint density at radius 2 is 1.33 bits per heavy atom. The topological polar surface area (TPSA) is 0 Å². The molecular weight excluding hydrogens is 288 g/mol. The molecule has 24 heavy (non-hydrogen) atoms. The van der Waals surface area contributed by atoms with Crippen LogP contribution in [0.3, 0.4) is 0 Å². The van der Waals surface area contributed by atoms with E-state index in [1.54, 1.807) is 0 Å². The summed E-state index contributed by atoms with van der Waals surface area (Å²) in [6, 6.07) is 15.5. The van der Waals surface area contributed by atoms with Crippen molar-refractivity contribution in [1.82, 2.24) is 0 Å². The van der Waals surface area contributed by atoms with E-state index >= 15 is 0 Å². The van der Waals surface area contributed by atoms with Gasteiger partial charge in [0.1, 0.15) is 0 Å². The van der Waals surface area contributed by atoms with Crippen LogP contribution in [0.1, 0.15) is 76.7 Å². The Kier molecular flexibility index (Phi) is 9.31. The molecule has 0 aromatic heterocycles. The summed E-state index contributed by atoms with van der Waals surface area (Å²) in [6.07, 6.45) is 19.5. The van der Waals surface area contributed by atoms with Gasteiger partial charge in [-0.2, -0.15) is 0 Å². The molecule has 0 aliphatic rings. The van der Waals surface area contributed by atoms with Gasteiger partial charge in [-0.05, 0) is 54.9 Å². The van der Waals surface area contributed by atoms with Crippen LogP contribution >= 0.6 is 0 Å². The minimum Gasteiger partial charge on any atom is -0.0885 e. The summed E-state index contributed by atoms with van der Waals surface area (Å²) in [5, 5.41) is 2.81. The van der Waals surface area contributed by atoms with Gasteiger partial charge in [-0.25, -0.2) is 0 Å². The van der Waals surface area contributed by atoms with Crippen molar-refractivity contribution in [3.05, 3.63) is 60.2 Å². The first-order valence-corrected chi connectivity index (χ1v) is 10.0.